The van der Waals surface area contributed by atoms with E-state index in [-0.39, 0.29) is 17.2 Å². The van der Waals surface area contributed by atoms with E-state index in [1.54, 1.807) is 30.3 Å². The van der Waals surface area contributed by atoms with Gasteiger partial charge in [-0.05, 0) is 24.3 Å². The minimum Gasteiger partial charge on any atom is -0.497 e. The van der Waals surface area contributed by atoms with Crippen molar-refractivity contribution >= 4 is 28.9 Å². The van der Waals surface area contributed by atoms with Gasteiger partial charge in [0, 0.05) is 18.5 Å². The van der Waals surface area contributed by atoms with Crippen LogP contribution in [0.15, 0.2) is 49.1 Å². The number of hydrazine groups is 1. The van der Waals surface area contributed by atoms with Crippen molar-refractivity contribution in [2.75, 3.05) is 25.0 Å². The van der Waals surface area contributed by atoms with Gasteiger partial charge in [-0.15, -0.1) is 0 Å². The normalized spacial score (nSPS) is 10.1. The zero-order valence-electron chi connectivity index (χ0n) is 15.9. The minimum absolute atomic E-state index is 0.111. The summed E-state index contributed by atoms with van der Waals surface area (Å²) >= 11 is 0. The molecule has 0 atom stereocenters. The number of nitrogens with zero attached hydrogens (tertiary/aromatic N) is 4. The molecule has 0 aliphatic heterocycles. The first-order valence-corrected chi connectivity index (χ1v) is 8.48. The first kappa shape index (κ1) is 20.3. The van der Waals surface area contributed by atoms with E-state index in [9.17, 15) is 14.9 Å². The molecule has 0 spiro atoms. The van der Waals surface area contributed by atoms with Gasteiger partial charge in [-0.1, -0.05) is 0 Å². The van der Waals surface area contributed by atoms with Crippen molar-refractivity contribution in [3.05, 3.63) is 64.7 Å². The quantitative estimate of drug-likeness (QED) is 0.371. The Morgan fingerprint density at radius 3 is 2.60 bits per heavy atom. The molecule has 0 unspecified atom stereocenters. The van der Waals surface area contributed by atoms with Crippen molar-refractivity contribution in [2.24, 2.45) is 0 Å². The molecule has 0 bridgehead atoms. The molecule has 0 radical (unpaired) electrons. The number of carbonyl (C=O) groups is 1. The molecule has 0 saturated carbocycles. The number of aromatic nitrogens is 3. The number of hydrogen-bond acceptors (Lipinski definition) is 10. The summed E-state index contributed by atoms with van der Waals surface area (Å²) in [6.07, 6.45) is 3.98. The highest BCUT2D eigenvalue weighted by Gasteiger charge is 2.24. The van der Waals surface area contributed by atoms with Gasteiger partial charge in [-0.2, -0.15) is 0 Å². The molecule has 0 saturated heterocycles. The summed E-state index contributed by atoms with van der Waals surface area (Å²) in [5.41, 5.74) is 4.98. The molecule has 0 fully saturated rings. The Morgan fingerprint density at radius 2 is 1.93 bits per heavy atom. The molecule has 1 amide bonds. The smallest absolute Gasteiger partial charge is 0.355 e. The van der Waals surface area contributed by atoms with E-state index in [4.69, 9.17) is 9.47 Å². The van der Waals surface area contributed by atoms with E-state index in [1.807, 2.05) is 0 Å². The predicted molar refractivity (Wildman–Crippen MR) is 107 cm³/mol. The van der Waals surface area contributed by atoms with Crippen LogP contribution in [0.4, 0.5) is 23.0 Å². The van der Waals surface area contributed by atoms with E-state index in [0.717, 1.165) is 6.33 Å². The summed E-state index contributed by atoms with van der Waals surface area (Å²) in [5.74, 6) is 0.0662. The lowest BCUT2D eigenvalue weighted by Crippen LogP contribution is -2.30. The summed E-state index contributed by atoms with van der Waals surface area (Å²) in [4.78, 5) is 34.8. The van der Waals surface area contributed by atoms with E-state index < -0.39 is 16.5 Å². The lowest BCUT2D eigenvalue weighted by molar-refractivity contribution is -0.383. The van der Waals surface area contributed by atoms with Gasteiger partial charge in [0.2, 0.25) is 11.6 Å². The van der Waals surface area contributed by atoms with E-state index in [0.29, 0.717) is 17.2 Å². The summed E-state index contributed by atoms with van der Waals surface area (Å²) in [5, 5.41) is 14.5. The topological polar surface area (TPSA) is 153 Å². The molecule has 3 aromatic rings. The van der Waals surface area contributed by atoms with Crippen molar-refractivity contribution in [1.29, 1.82) is 0 Å². The molecule has 2 aromatic heterocycles. The Morgan fingerprint density at radius 1 is 1.13 bits per heavy atom. The molecule has 0 aliphatic carbocycles. The van der Waals surface area contributed by atoms with Gasteiger partial charge in [0.25, 0.3) is 5.91 Å². The lowest BCUT2D eigenvalue weighted by atomic mass is 10.2. The Bertz CT molecular complexity index is 1060. The number of pyridine rings is 1. The number of anilines is 3. The highest BCUT2D eigenvalue weighted by atomic mass is 16.6. The maximum absolute atomic E-state index is 12.2. The standard InChI is InChI=1S/C18H17N7O5/c1-29-12-5-6-14(30-2)13(8-12)22-16-15(25(27)28)17(21-10-20-16)23-24-18(26)11-4-3-7-19-9-11/h3-10H,1-2H3,(H,24,26)(H2,20,21,22,23). The number of benzene rings is 1. The monoisotopic (exact) mass is 411 g/mol. The third-order valence-corrected chi connectivity index (χ3v) is 3.88. The van der Waals surface area contributed by atoms with Crippen LogP contribution < -0.4 is 25.6 Å². The molecular formula is C18H17N7O5. The van der Waals surface area contributed by atoms with Crippen molar-refractivity contribution in [1.82, 2.24) is 20.4 Å². The van der Waals surface area contributed by atoms with Gasteiger partial charge in [-0.3, -0.25) is 30.7 Å². The van der Waals surface area contributed by atoms with Crippen LogP contribution in [0.3, 0.4) is 0 Å². The molecule has 3 N–H and O–H groups in total. The summed E-state index contributed by atoms with van der Waals surface area (Å²) in [6.45, 7) is 0. The van der Waals surface area contributed by atoms with Crippen LogP contribution in [-0.4, -0.2) is 40.0 Å². The summed E-state index contributed by atoms with van der Waals surface area (Å²) < 4.78 is 10.4. The third kappa shape index (κ3) is 4.49. The van der Waals surface area contributed by atoms with E-state index >= 15 is 0 Å². The highest BCUT2D eigenvalue weighted by Crippen LogP contribution is 2.35. The Hall–Kier alpha value is -4.48. The number of amides is 1. The zero-order chi connectivity index (χ0) is 21.5. The molecule has 1 aromatic carbocycles. The molecule has 12 heteroatoms. The number of nitrogens with one attached hydrogen (secondary N) is 3. The van der Waals surface area contributed by atoms with Crippen LogP contribution in [0.25, 0.3) is 0 Å². The van der Waals surface area contributed by atoms with Gasteiger partial charge in [-0.25, -0.2) is 9.97 Å². The van der Waals surface area contributed by atoms with Gasteiger partial charge in [0.15, 0.2) is 0 Å². The fraction of sp³-hybridized carbons (Fsp3) is 0.111. The largest absolute Gasteiger partial charge is 0.497 e. The van der Waals surface area contributed by atoms with Crippen LogP contribution in [0, 0.1) is 10.1 Å². The van der Waals surface area contributed by atoms with Crippen LogP contribution in [0.5, 0.6) is 11.5 Å². The molecule has 30 heavy (non-hydrogen) atoms. The Kier molecular flexibility index (Phi) is 6.17. The first-order valence-electron chi connectivity index (χ1n) is 8.48. The lowest BCUT2D eigenvalue weighted by Gasteiger charge is -2.13. The fourth-order valence-electron chi connectivity index (χ4n) is 2.46. The van der Waals surface area contributed by atoms with E-state index in [2.05, 4.69) is 31.1 Å². The molecule has 0 aliphatic rings. The molecular weight excluding hydrogens is 394 g/mol. The number of carbonyl (C=O) groups excluding carboxylic acids is 1. The molecule has 2 heterocycles. The average molecular weight is 411 g/mol. The SMILES string of the molecule is COc1ccc(OC)c(Nc2ncnc(NNC(=O)c3cccnc3)c2[N+](=O)[O-])c1. The van der Waals surface area contributed by atoms with E-state index in [1.165, 1.54) is 26.6 Å². The van der Waals surface area contributed by atoms with Gasteiger partial charge >= 0.3 is 5.69 Å². The number of nitro groups is 1. The second kappa shape index (κ2) is 9.14. The van der Waals surface area contributed by atoms with Gasteiger partial charge < -0.3 is 14.8 Å². The number of rotatable bonds is 8. The predicted octanol–water partition coefficient (Wildman–Crippen LogP) is 2.30. The van der Waals surface area contributed by atoms with Crippen LogP contribution >= 0.6 is 0 Å². The van der Waals surface area contributed by atoms with Crippen LogP contribution in [0.2, 0.25) is 0 Å². The van der Waals surface area contributed by atoms with Crippen molar-refractivity contribution in [3.8, 4) is 11.5 Å². The van der Waals surface area contributed by atoms with Gasteiger partial charge in [0.1, 0.15) is 17.8 Å². The summed E-state index contributed by atoms with van der Waals surface area (Å²) in [7, 11) is 2.95. The van der Waals surface area contributed by atoms with Crippen LogP contribution in [-0.2, 0) is 0 Å². The zero-order valence-corrected chi connectivity index (χ0v) is 15.9. The summed E-state index contributed by atoms with van der Waals surface area (Å²) in [6, 6.07) is 8.05. The first-order chi connectivity index (χ1) is 14.5. The second-order valence-corrected chi connectivity index (χ2v) is 5.69. The number of hydrogen-bond donors (Lipinski definition) is 3. The third-order valence-electron chi connectivity index (χ3n) is 3.88. The molecule has 154 valence electrons. The van der Waals surface area contributed by atoms with Crippen LogP contribution in [0.1, 0.15) is 10.4 Å². The highest BCUT2D eigenvalue weighted by molar-refractivity contribution is 5.94. The molecule has 3 rings (SSSR count). The van der Waals surface area contributed by atoms with Crippen molar-refractivity contribution in [3.63, 3.8) is 0 Å². The Labute approximate surface area is 170 Å². The average Bonchev–Trinajstić information content (AvgIpc) is 2.77. The maximum atomic E-state index is 12.2. The van der Waals surface area contributed by atoms with Crippen molar-refractivity contribution < 1.29 is 19.2 Å². The fourth-order valence-corrected chi connectivity index (χ4v) is 2.46. The second-order valence-electron chi connectivity index (χ2n) is 5.69. The minimum atomic E-state index is -0.673. The Balaban J connectivity index is 1.88. The van der Waals surface area contributed by atoms with Gasteiger partial charge in [0.05, 0.1) is 30.4 Å². The van der Waals surface area contributed by atoms with Crippen molar-refractivity contribution in [2.45, 2.75) is 0 Å². The number of ether oxygens (including phenoxy) is 2. The molecule has 12 nitrogen and oxygen atoms in total. The maximum Gasteiger partial charge on any atom is 0.355 e. The number of methoxy groups -OCH3 is 2.